The Morgan fingerprint density at radius 1 is 1.09 bits per heavy atom. The van der Waals surface area contributed by atoms with Crippen LogP contribution in [0.3, 0.4) is 0 Å². The summed E-state index contributed by atoms with van der Waals surface area (Å²) in [7, 11) is 0. The smallest absolute Gasteiger partial charge is 0.416 e. The van der Waals surface area contributed by atoms with Gasteiger partial charge in [-0.25, -0.2) is 0 Å². The Bertz CT molecular complexity index is 703. The Morgan fingerprint density at radius 3 is 2.30 bits per heavy atom. The fourth-order valence-electron chi connectivity index (χ4n) is 1.67. The average Bonchev–Trinajstić information content (AvgIpc) is 2.47. The van der Waals surface area contributed by atoms with Crippen LogP contribution in [0.2, 0.25) is 10.0 Å². The lowest BCUT2D eigenvalue weighted by molar-refractivity contribution is -0.137. The van der Waals surface area contributed by atoms with Crippen molar-refractivity contribution in [1.29, 1.82) is 0 Å². The first kappa shape index (κ1) is 17.4. The van der Waals surface area contributed by atoms with Crippen molar-refractivity contribution in [3.8, 4) is 5.75 Å². The van der Waals surface area contributed by atoms with Crippen LogP contribution in [0.15, 0.2) is 42.5 Å². The monoisotopic (exact) mass is 363 g/mol. The number of halogens is 5. The number of benzene rings is 2. The Labute approximate surface area is 140 Å². The van der Waals surface area contributed by atoms with Gasteiger partial charge in [0, 0.05) is 5.02 Å². The van der Waals surface area contributed by atoms with Crippen molar-refractivity contribution in [2.75, 3.05) is 11.9 Å². The summed E-state index contributed by atoms with van der Waals surface area (Å²) in [5.41, 5.74) is -0.431. The molecular weight excluding hydrogens is 354 g/mol. The van der Waals surface area contributed by atoms with Gasteiger partial charge in [0.15, 0.2) is 6.61 Å². The molecule has 0 bridgehead atoms. The zero-order chi connectivity index (χ0) is 17.0. The molecule has 0 radical (unpaired) electrons. The maximum atomic E-state index is 12.4. The molecule has 0 saturated heterocycles. The van der Waals surface area contributed by atoms with E-state index in [2.05, 4.69) is 5.32 Å². The van der Waals surface area contributed by atoms with Crippen LogP contribution < -0.4 is 10.1 Å². The molecule has 0 unspecified atom stereocenters. The molecule has 1 amide bonds. The van der Waals surface area contributed by atoms with E-state index in [9.17, 15) is 18.0 Å². The first-order valence-corrected chi connectivity index (χ1v) is 7.06. The minimum absolute atomic E-state index is 0.148. The van der Waals surface area contributed by atoms with Crippen molar-refractivity contribution in [3.05, 3.63) is 58.1 Å². The first-order chi connectivity index (χ1) is 10.8. The van der Waals surface area contributed by atoms with E-state index in [1.54, 1.807) is 6.07 Å². The largest absolute Gasteiger partial charge is 0.484 e. The average molecular weight is 364 g/mol. The molecule has 122 valence electrons. The molecule has 2 aromatic carbocycles. The molecule has 0 heterocycles. The molecule has 0 fully saturated rings. The van der Waals surface area contributed by atoms with Crippen LogP contribution in [0.1, 0.15) is 5.56 Å². The number of nitrogens with one attached hydrogen (secondary N) is 1. The summed E-state index contributed by atoms with van der Waals surface area (Å²) in [5, 5.41) is 3.20. The van der Waals surface area contributed by atoms with E-state index in [0.29, 0.717) is 10.7 Å². The molecular formula is C15H10Cl2F3NO2. The minimum Gasteiger partial charge on any atom is -0.484 e. The molecule has 0 aromatic heterocycles. The summed E-state index contributed by atoms with van der Waals surface area (Å²) < 4.78 is 42.4. The predicted molar refractivity (Wildman–Crippen MR) is 82.0 cm³/mol. The quantitative estimate of drug-likeness (QED) is 0.827. The molecule has 2 rings (SSSR count). The highest BCUT2D eigenvalue weighted by atomic mass is 35.5. The van der Waals surface area contributed by atoms with Crippen LogP contribution in [-0.2, 0) is 11.0 Å². The standard InChI is InChI=1S/C15H10Cl2F3NO2/c16-10-3-6-13(12(17)7-10)21-14(22)8-23-11-4-1-9(2-5-11)15(18,19)20/h1-7H,8H2,(H,21,22). The molecule has 0 atom stereocenters. The first-order valence-electron chi connectivity index (χ1n) is 6.30. The van der Waals surface area contributed by atoms with Gasteiger partial charge in [0.1, 0.15) is 5.75 Å². The molecule has 0 aliphatic heterocycles. The Hall–Kier alpha value is -1.92. The molecule has 2 aromatic rings. The van der Waals surface area contributed by atoms with Gasteiger partial charge in [0.25, 0.3) is 5.91 Å². The number of carbonyl (C=O) groups is 1. The van der Waals surface area contributed by atoms with Gasteiger partial charge in [-0.05, 0) is 42.5 Å². The summed E-state index contributed by atoms with van der Waals surface area (Å²) in [4.78, 5) is 11.7. The summed E-state index contributed by atoms with van der Waals surface area (Å²) in [6.07, 6.45) is -4.42. The van der Waals surface area contributed by atoms with Gasteiger partial charge in [-0.3, -0.25) is 4.79 Å². The van der Waals surface area contributed by atoms with E-state index in [-0.39, 0.29) is 17.4 Å². The van der Waals surface area contributed by atoms with Crippen LogP contribution in [0.25, 0.3) is 0 Å². The highest BCUT2D eigenvalue weighted by Gasteiger charge is 2.30. The number of anilines is 1. The van der Waals surface area contributed by atoms with E-state index in [1.807, 2.05) is 0 Å². The highest BCUT2D eigenvalue weighted by molar-refractivity contribution is 6.36. The zero-order valence-electron chi connectivity index (χ0n) is 11.5. The van der Waals surface area contributed by atoms with Gasteiger partial charge in [-0.15, -0.1) is 0 Å². The van der Waals surface area contributed by atoms with Gasteiger partial charge in [-0.2, -0.15) is 13.2 Å². The maximum absolute atomic E-state index is 12.4. The van der Waals surface area contributed by atoms with E-state index < -0.39 is 17.6 Å². The van der Waals surface area contributed by atoms with E-state index in [4.69, 9.17) is 27.9 Å². The van der Waals surface area contributed by atoms with E-state index >= 15 is 0 Å². The summed E-state index contributed by atoms with van der Waals surface area (Å²) in [6.45, 7) is -0.371. The van der Waals surface area contributed by atoms with Gasteiger partial charge >= 0.3 is 6.18 Å². The van der Waals surface area contributed by atoms with E-state index in [0.717, 1.165) is 24.3 Å². The van der Waals surface area contributed by atoms with Gasteiger partial charge in [0.2, 0.25) is 0 Å². The predicted octanol–water partition coefficient (Wildman–Crippen LogP) is 5.03. The van der Waals surface area contributed by atoms with Crippen molar-refractivity contribution < 1.29 is 22.7 Å². The number of ether oxygens (including phenoxy) is 1. The number of hydrogen-bond donors (Lipinski definition) is 1. The van der Waals surface area contributed by atoms with Crippen LogP contribution in [-0.4, -0.2) is 12.5 Å². The summed E-state index contributed by atoms with van der Waals surface area (Å²) in [6, 6.07) is 8.60. The lowest BCUT2D eigenvalue weighted by Crippen LogP contribution is -2.20. The lowest BCUT2D eigenvalue weighted by Gasteiger charge is -2.10. The Balaban J connectivity index is 1.91. The van der Waals surface area contributed by atoms with Crippen molar-refractivity contribution in [2.45, 2.75) is 6.18 Å². The van der Waals surface area contributed by atoms with E-state index in [1.165, 1.54) is 12.1 Å². The fraction of sp³-hybridized carbons (Fsp3) is 0.133. The molecule has 1 N–H and O–H groups in total. The molecule has 0 aliphatic carbocycles. The third-order valence-electron chi connectivity index (χ3n) is 2.76. The van der Waals surface area contributed by atoms with Crippen LogP contribution in [0, 0.1) is 0 Å². The summed E-state index contributed by atoms with van der Waals surface area (Å²) in [5.74, 6) is -0.357. The third kappa shape index (κ3) is 5.04. The fourth-order valence-corrected chi connectivity index (χ4v) is 2.12. The van der Waals surface area contributed by atoms with Gasteiger partial charge < -0.3 is 10.1 Å². The van der Waals surface area contributed by atoms with Crippen molar-refractivity contribution in [3.63, 3.8) is 0 Å². The molecule has 8 heteroatoms. The van der Waals surface area contributed by atoms with Crippen LogP contribution >= 0.6 is 23.2 Å². The van der Waals surface area contributed by atoms with Gasteiger partial charge in [-0.1, -0.05) is 23.2 Å². The summed E-state index contributed by atoms with van der Waals surface area (Å²) >= 11 is 11.6. The second-order valence-electron chi connectivity index (χ2n) is 4.48. The highest BCUT2D eigenvalue weighted by Crippen LogP contribution is 2.30. The lowest BCUT2D eigenvalue weighted by atomic mass is 10.2. The van der Waals surface area contributed by atoms with Crippen molar-refractivity contribution >= 4 is 34.8 Å². The number of carbonyl (C=O) groups excluding carboxylic acids is 1. The molecule has 3 nitrogen and oxygen atoms in total. The van der Waals surface area contributed by atoms with Crippen molar-refractivity contribution in [2.24, 2.45) is 0 Å². The Morgan fingerprint density at radius 2 is 1.74 bits per heavy atom. The maximum Gasteiger partial charge on any atom is 0.416 e. The normalized spacial score (nSPS) is 11.2. The second kappa shape index (κ2) is 7.10. The Kier molecular flexibility index (Phi) is 5.38. The number of rotatable bonds is 4. The third-order valence-corrected chi connectivity index (χ3v) is 3.30. The van der Waals surface area contributed by atoms with Crippen LogP contribution in [0.4, 0.5) is 18.9 Å². The molecule has 0 saturated carbocycles. The minimum atomic E-state index is -4.42. The number of hydrogen-bond acceptors (Lipinski definition) is 2. The van der Waals surface area contributed by atoms with Crippen molar-refractivity contribution in [1.82, 2.24) is 0 Å². The van der Waals surface area contributed by atoms with Crippen LogP contribution in [0.5, 0.6) is 5.75 Å². The number of amides is 1. The van der Waals surface area contributed by atoms with Gasteiger partial charge in [0.05, 0.1) is 16.3 Å². The zero-order valence-corrected chi connectivity index (χ0v) is 13.0. The number of alkyl halides is 3. The topological polar surface area (TPSA) is 38.3 Å². The molecule has 23 heavy (non-hydrogen) atoms. The molecule has 0 aliphatic rings. The SMILES string of the molecule is O=C(COc1ccc(C(F)(F)F)cc1)Nc1ccc(Cl)cc1Cl. The second-order valence-corrected chi connectivity index (χ2v) is 5.33. The molecule has 0 spiro atoms.